The van der Waals surface area contributed by atoms with Gasteiger partial charge >= 0.3 is 59.1 Å². The van der Waals surface area contributed by atoms with Crippen molar-refractivity contribution >= 4 is 0 Å². The van der Waals surface area contributed by atoms with Crippen molar-refractivity contribution in [3.05, 3.63) is 0 Å². The van der Waals surface area contributed by atoms with E-state index in [1.807, 2.05) is 0 Å². The molecule has 0 aromatic heterocycles. The normalized spacial score (nSPS) is 6.00. The molecule has 0 heterocycles. The largest absolute Gasteiger partial charge is 1.00 e. The summed E-state index contributed by atoms with van der Waals surface area (Å²) < 4.78 is 0. The molecule has 7 heavy (non-hydrogen) atoms. The maximum Gasteiger partial charge on any atom is 1.00 e. The van der Waals surface area contributed by atoms with Crippen LogP contribution in [0.4, 0.5) is 0 Å². The third kappa shape index (κ3) is 18.1. The van der Waals surface area contributed by atoms with Crippen molar-refractivity contribution in [3.63, 3.8) is 0 Å². The molecular weight excluding hydrogens is 114 g/mol. The standard InChI is InChI=1S/C3H6O2.2Na/c4-2-1-3-5;;/h1-3H2;;/q-2;2*+1. The summed E-state index contributed by atoms with van der Waals surface area (Å²) in [6, 6.07) is 0. The predicted molar refractivity (Wildman–Crippen MR) is 14.4 cm³/mol. The van der Waals surface area contributed by atoms with Gasteiger partial charge in [0.25, 0.3) is 0 Å². The van der Waals surface area contributed by atoms with Crippen LogP contribution in [0.2, 0.25) is 0 Å². The van der Waals surface area contributed by atoms with E-state index in [-0.39, 0.29) is 78.7 Å². The van der Waals surface area contributed by atoms with Crippen molar-refractivity contribution in [2.75, 3.05) is 13.2 Å². The Hall–Kier alpha value is 1.92. The first kappa shape index (κ1) is 16.0. The zero-order valence-corrected chi connectivity index (χ0v) is 8.94. The molecule has 0 saturated heterocycles. The molecule has 32 valence electrons. The molecule has 0 unspecified atom stereocenters. The SMILES string of the molecule is [Na+].[Na+].[O-]CCC[O-]. The molecule has 0 amide bonds. The van der Waals surface area contributed by atoms with Gasteiger partial charge < -0.3 is 10.2 Å². The molecule has 0 bridgehead atoms. The van der Waals surface area contributed by atoms with E-state index in [2.05, 4.69) is 0 Å². The second-order valence-corrected chi connectivity index (χ2v) is 0.762. The van der Waals surface area contributed by atoms with Crippen LogP contribution in [-0.4, -0.2) is 13.2 Å². The van der Waals surface area contributed by atoms with Gasteiger partial charge in [0.2, 0.25) is 0 Å². The minimum absolute atomic E-state index is 0. The van der Waals surface area contributed by atoms with Crippen LogP contribution in [-0.2, 0) is 0 Å². The maximum absolute atomic E-state index is 9.33. The Morgan fingerprint density at radius 3 is 1.14 bits per heavy atom. The van der Waals surface area contributed by atoms with Crippen LogP contribution in [0, 0.1) is 0 Å². The van der Waals surface area contributed by atoms with Crippen LogP contribution in [0.15, 0.2) is 0 Å². The molecule has 4 heteroatoms. The van der Waals surface area contributed by atoms with Crippen LogP contribution in [0.25, 0.3) is 0 Å². The van der Waals surface area contributed by atoms with E-state index < -0.39 is 0 Å². The Bertz CT molecular complexity index is 18.4. The van der Waals surface area contributed by atoms with Crippen molar-refractivity contribution in [2.24, 2.45) is 0 Å². The summed E-state index contributed by atoms with van der Waals surface area (Å²) in [7, 11) is 0. The number of hydrogen-bond donors (Lipinski definition) is 0. The molecule has 0 aliphatic rings. The number of hydrogen-bond acceptors (Lipinski definition) is 2. The molecule has 2 nitrogen and oxygen atoms in total. The summed E-state index contributed by atoms with van der Waals surface area (Å²) in [5.74, 6) is 0. The van der Waals surface area contributed by atoms with Crippen molar-refractivity contribution in [2.45, 2.75) is 6.42 Å². The average molecular weight is 120 g/mol. The maximum atomic E-state index is 9.33. The molecule has 0 radical (unpaired) electrons. The van der Waals surface area contributed by atoms with Crippen LogP contribution in [0.5, 0.6) is 0 Å². The molecule has 0 aliphatic heterocycles. The van der Waals surface area contributed by atoms with Gasteiger partial charge in [-0.3, -0.25) is 0 Å². The van der Waals surface area contributed by atoms with E-state index in [1.54, 1.807) is 0 Å². The van der Waals surface area contributed by atoms with Gasteiger partial charge in [-0.1, -0.05) is 6.42 Å². The van der Waals surface area contributed by atoms with E-state index in [0.29, 0.717) is 0 Å². The van der Waals surface area contributed by atoms with E-state index in [9.17, 15) is 10.2 Å². The van der Waals surface area contributed by atoms with Crippen LogP contribution in [0.3, 0.4) is 0 Å². The average Bonchev–Trinajstić information content (AvgIpc) is 1.41. The van der Waals surface area contributed by atoms with E-state index in [1.165, 1.54) is 0 Å². The third-order valence-electron chi connectivity index (χ3n) is 0.289. The molecule has 0 saturated carbocycles. The van der Waals surface area contributed by atoms with E-state index in [4.69, 9.17) is 0 Å². The zero-order chi connectivity index (χ0) is 4.12. The minimum atomic E-state index is -0.219. The fourth-order valence-corrected chi connectivity index (χ4v) is 0.0589. The molecule has 0 aromatic rings. The first-order valence-corrected chi connectivity index (χ1v) is 1.58. The Morgan fingerprint density at radius 2 is 1.14 bits per heavy atom. The van der Waals surface area contributed by atoms with Gasteiger partial charge in [-0.25, -0.2) is 0 Å². The minimum Gasteiger partial charge on any atom is -0.854 e. The van der Waals surface area contributed by atoms with Gasteiger partial charge in [-0.05, 0) is 0 Å². The Kier molecular flexibility index (Phi) is 35.7. The molecule has 0 aromatic carbocycles. The molecule has 0 fully saturated rings. The fraction of sp³-hybridized carbons (Fsp3) is 1.00. The van der Waals surface area contributed by atoms with Crippen LogP contribution >= 0.6 is 0 Å². The van der Waals surface area contributed by atoms with Gasteiger partial charge in [0.1, 0.15) is 0 Å². The summed E-state index contributed by atoms with van der Waals surface area (Å²) in [6.07, 6.45) is 0.278. The van der Waals surface area contributed by atoms with Crippen molar-refractivity contribution < 1.29 is 69.3 Å². The van der Waals surface area contributed by atoms with E-state index in [0.717, 1.165) is 0 Å². The van der Waals surface area contributed by atoms with Gasteiger partial charge in [-0.15, -0.1) is 13.2 Å². The monoisotopic (exact) mass is 120 g/mol. The van der Waals surface area contributed by atoms with Gasteiger partial charge in [0.05, 0.1) is 0 Å². The Labute approximate surface area is 87.9 Å². The number of rotatable bonds is 2. The summed E-state index contributed by atoms with van der Waals surface area (Å²) in [5.41, 5.74) is 0. The fourth-order valence-electron chi connectivity index (χ4n) is 0.0589. The molecule has 0 aliphatic carbocycles. The smallest absolute Gasteiger partial charge is 0.854 e. The van der Waals surface area contributed by atoms with Gasteiger partial charge in [-0.2, -0.15) is 0 Å². The topological polar surface area (TPSA) is 46.1 Å². The Morgan fingerprint density at radius 1 is 0.857 bits per heavy atom. The van der Waals surface area contributed by atoms with Crippen molar-refractivity contribution in [3.8, 4) is 0 Å². The predicted octanol–water partition coefficient (Wildman–Crippen LogP) is -7.89. The summed E-state index contributed by atoms with van der Waals surface area (Å²) >= 11 is 0. The van der Waals surface area contributed by atoms with E-state index >= 15 is 0 Å². The molecule has 0 atom stereocenters. The summed E-state index contributed by atoms with van der Waals surface area (Å²) in [5, 5.41) is 18.7. The zero-order valence-electron chi connectivity index (χ0n) is 4.94. The second kappa shape index (κ2) is 15.7. The van der Waals surface area contributed by atoms with Crippen molar-refractivity contribution in [1.29, 1.82) is 0 Å². The van der Waals surface area contributed by atoms with Gasteiger partial charge in [0.15, 0.2) is 0 Å². The van der Waals surface area contributed by atoms with Gasteiger partial charge in [0, 0.05) is 0 Å². The first-order chi connectivity index (χ1) is 2.41. The molecule has 0 rings (SSSR count). The molecule has 0 N–H and O–H groups in total. The van der Waals surface area contributed by atoms with Crippen LogP contribution < -0.4 is 69.3 Å². The molecule has 0 spiro atoms. The second-order valence-electron chi connectivity index (χ2n) is 0.762. The third-order valence-corrected chi connectivity index (χ3v) is 0.289. The van der Waals surface area contributed by atoms with Crippen molar-refractivity contribution in [1.82, 2.24) is 0 Å². The summed E-state index contributed by atoms with van der Waals surface area (Å²) in [6.45, 7) is -0.438. The first-order valence-electron chi connectivity index (χ1n) is 1.58. The quantitative estimate of drug-likeness (QED) is 0.340. The summed E-state index contributed by atoms with van der Waals surface area (Å²) in [4.78, 5) is 0. The van der Waals surface area contributed by atoms with Crippen LogP contribution in [0.1, 0.15) is 6.42 Å². The Balaban J connectivity index is -0.0000000800. The molecular formula is C3H6Na2O2.